The first-order valence-electron chi connectivity index (χ1n) is 8.53. The highest BCUT2D eigenvalue weighted by atomic mass is 16.1. The number of nitrogens with one attached hydrogen (secondary N) is 1. The summed E-state index contributed by atoms with van der Waals surface area (Å²) in [4.78, 5) is 10.2. The average Bonchev–Trinajstić information content (AvgIpc) is 2.59. The van der Waals surface area contributed by atoms with Crippen LogP contribution in [-0.2, 0) is 17.6 Å². The van der Waals surface area contributed by atoms with Crippen LogP contribution >= 0.6 is 0 Å². The monoisotopic (exact) mass is 327 g/mol. The van der Waals surface area contributed by atoms with Crippen LogP contribution in [0, 0.1) is 0 Å². The molecule has 4 heteroatoms. The van der Waals surface area contributed by atoms with Crippen molar-refractivity contribution in [1.82, 2.24) is 0 Å². The van der Waals surface area contributed by atoms with Gasteiger partial charge in [0.15, 0.2) is 0 Å². The summed E-state index contributed by atoms with van der Waals surface area (Å²) in [6.07, 6.45) is 6.48. The SMILES string of the molecule is CCCCCc1cccc(NC=O)c1.NCCc1ccc(N)cc1. The number of nitrogen functional groups attached to an aromatic ring is 1. The van der Waals surface area contributed by atoms with Crippen LogP contribution in [0.25, 0.3) is 0 Å². The Labute approximate surface area is 145 Å². The summed E-state index contributed by atoms with van der Waals surface area (Å²) < 4.78 is 0. The molecule has 0 saturated carbocycles. The van der Waals surface area contributed by atoms with Crippen LogP contribution in [0.4, 0.5) is 11.4 Å². The number of unbranched alkanes of at least 4 members (excludes halogenated alkanes) is 2. The van der Waals surface area contributed by atoms with E-state index in [2.05, 4.69) is 18.3 Å². The van der Waals surface area contributed by atoms with E-state index in [9.17, 15) is 4.79 Å². The normalized spacial score (nSPS) is 9.75. The van der Waals surface area contributed by atoms with Crippen LogP contribution in [0.5, 0.6) is 0 Å². The standard InChI is InChI=1S/C12H17NO.C8H12N2/c1-2-3-4-6-11-7-5-8-12(9-11)13-10-14;9-6-5-7-1-3-8(10)4-2-7/h5,7-10H,2-4,6H2,1H3,(H,13,14);1-4H,5-6,9-10H2. The largest absolute Gasteiger partial charge is 0.399 e. The van der Waals surface area contributed by atoms with Gasteiger partial charge in [-0.05, 0) is 61.2 Å². The third-order valence-corrected chi connectivity index (χ3v) is 3.63. The zero-order valence-electron chi connectivity index (χ0n) is 14.5. The molecule has 0 fully saturated rings. The zero-order chi connectivity index (χ0) is 17.6. The second-order valence-corrected chi connectivity index (χ2v) is 5.70. The van der Waals surface area contributed by atoms with Gasteiger partial charge in [-0.3, -0.25) is 4.79 Å². The van der Waals surface area contributed by atoms with Gasteiger partial charge in [-0.25, -0.2) is 0 Å². The van der Waals surface area contributed by atoms with Crippen molar-refractivity contribution in [2.45, 2.75) is 39.0 Å². The molecule has 0 saturated heterocycles. The van der Waals surface area contributed by atoms with Crippen molar-refractivity contribution in [2.24, 2.45) is 5.73 Å². The minimum Gasteiger partial charge on any atom is -0.399 e. The van der Waals surface area contributed by atoms with Crippen LogP contribution in [0.3, 0.4) is 0 Å². The lowest BCUT2D eigenvalue weighted by Crippen LogP contribution is -2.02. The Kier molecular flexibility index (Phi) is 9.97. The first-order chi connectivity index (χ1) is 11.7. The van der Waals surface area contributed by atoms with Crippen molar-refractivity contribution in [3.05, 3.63) is 59.7 Å². The van der Waals surface area contributed by atoms with Gasteiger partial charge in [0.1, 0.15) is 0 Å². The lowest BCUT2D eigenvalue weighted by molar-refractivity contribution is -0.105. The van der Waals surface area contributed by atoms with Crippen LogP contribution in [0.2, 0.25) is 0 Å². The Bertz CT molecular complexity index is 582. The van der Waals surface area contributed by atoms with E-state index in [4.69, 9.17) is 11.5 Å². The molecular weight excluding hydrogens is 298 g/mol. The second-order valence-electron chi connectivity index (χ2n) is 5.70. The van der Waals surface area contributed by atoms with E-state index in [1.807, 2.05) is 42.5 Å². The summed E-state index contributed by atoms with van der Waals surface area (Å²) >= 11 is 0. The Morgan fingerprint density at radius 2 is 1.75 bits per heavy atom. The summed E-state index contributed by atoms with van der Waals surface area (Å²) in [5.41, 5.74) is 15.1. The van der Waals surface area contributed by atoms with E-state index in [1.165, 1.54) is 30.4 Å². The van der Waals surface area contributed by atoms with Gasteiger partial charge in [0.25, 0.3) is 0 Å². The second kappa shape index (κ2) is 12.1. The molecule has 0 aliphatic carbocycles. The molecule has 0 aliphatic rings. The van der Waals surface area contributed by atoms with Gasteiger partial charge in [0, 0.05) is 11.4 Å². The van der Waals surface area contributed by atoms with Crippen molar-refractivity contribution < 1.29 is 4.79 Å². The number of aryl methyl sites for hydroxylation is 1. The van der Waals surface area contributed by atoms with Gasteiger partial charge < -0.3 is 16.8 Å². The molecule has 4 nitrogen and oxygen atoms in total. The summed E-state index contributed by atoms with van der Waals surface area (Å²) in [7, 11) is 0. The van der Waals surface area contributed by atoms with E-state index in [1.54, 1.807) is 0 Å². The number of hydrogen-bond donors (Lipinski definition) is 3. The molecule has 0 heterocycles. The fourth-order valence-electron chi connectivity index (χ4n) is 2.31. The maximum atomic E-state index is 10.2. The summed E-state index contributed by atoms with van der Waals surface area (Å²) in [5, 5.41) is 2.66. The molecular formula is C20H29N3O. The van der Waals surface area contributed by atoms with Gasteiger partial charge in [-0.2, -0.15) is 0 Å². The summed E-state index contributed by atoms with van der Waals surface area (Å²) in [5.74, 6) is 0. The molecule has 0 unspecified atom stereocenters. The Balaban J connectivity index is 0.000000254. The fraction of sp³-hybridized carbons (Fsp3) is 0.350. The molecule has 0 bridgehead atoms. The molecule has 0 spiro atoms. The lowest BCUT2D eigenvalue weighted by atomic mass is 10.1. The molecule has 2 rings (SSSR count). The molecule has 2 aromatic carbocycles. The van der Waals surface area contributed by atoms with E-state index in [0.29, 0.717) is 13.0 Å². The van der Waals surface area contributed by atoms with Gasteiger partial charge in [-0.1, -0.05) is 44.0 Å². The fourth-order valence-corrected chi connectivity index (χ4v) is 2.31. The van der Waals surface area contributed by atoms with Crippen LogP contribution in [0.1, 0.15) is 37.3 Å². The number of anilines is 2. The van der Waals surface area contributed by atoms with Crippen LogP contribution < -0.4 is 16.8 Å². The molecule has 0 atom stereocenters. The van der Waals surface area contributed by atoms with Gasteiger partial charge >= 0.3 is 0 Å². The van der Waals surface area contributed by atoms with E-state index in [0.717, 1.165) is 24.2 Å². The summed E-state index contributed by atoms with van der Waals surface area (Å²) in [6.45, 7) is 2.90. The molecule has 24 heavy (non-hydrogen) atoms. The van der Waals surface area contributed by atoms with Crippen molar-refractivity contribution in [1.29, 1.82) is 0 Å². The first kappa shape index (κ1) is 19.7. The highest BCUT2D eigenvalue weighted by Crippen LogP contribution is 2.12. The number of carbonyl (C=O) groups is 1. The minimum atomic E-state index is 0.698. The maximum Gasteiger partial charge on any atom is 0.211 e. The number of nitrogens with two attached hydrogens (primary N) is 2. The smallest absolute Gasteiger partial charge is 0.211 e. The number of carbonyl (C=O) groups excluding carboxylic acids is 1. The number of amides is 1. The topological polar surface area (TPSA) is 81.1 Å². The molecule has 130 valence electrons. The van der Waals surface area contributed by atoms with E-state index < -0.39 is 0 Å². The molecule has 0 aromatic heterocycles. The third kappa shape index (κ3) is 8.34. The van der Waals surface area contributed by atoms with Crippen molar-refractivity contribution in [3.63, 3.8) is 0 Å². The van der Waals surface area contributed by atoms with E-state index >= 15 is 0 Å². The first-order valence-corrected chi connectivity index (χ1v) is 8.53. The van der Waals surface area contributed by atoms with Crippen molar-refractivity contribution in [2.75, 3.05) is 17.6 Å². The Hall–Kier alpha value is -2.33. The van der Waals surface area contributed by atoms with Crippen molar-refractivity contribution >= 4 is 17.8 Å². The van der Waals surface area contributed by atoms with Crippen LogP contribution in [0.15, 0.2) is 48.5 Å². The predicted octanol–water partition coefficient (Wildman–Crippen LogP) is 3.76. The number of rotatable bonds is 8. The molecule has 2 aromatic rings. The Morgan fingerprint density at radius 3 is 2.38 bits per heavy atom. The molecule has 1 amide bonds. The molecule has 0 aliphatic heterocycles. The van der Waals surface area contributed by atoms with Crippen LogP contribution in [-0.4, -0.2) is 13.0 Å². The highest BCUT2D eigenvalue weighted by Gasteiger charge is 1.95. The molecule has 5 N–H and O–H groups in total. The zero-order valence-corrected chi connectivity index (χ0v) is 14.5. The third-order valence-electron chi connectivity index (χ3n) is 3.63. The predicted molar refractivity (Wildman–Crippen MR) is 103 cm³/mol. The van der Waals surface area contributed by atoms with Crippen molar-refractivity contribution in [3.8, 4) is 0 Å². The number of hydrogen-bond acceptors (Lipinski definition) is 3. The molecule has 0 radical (unpaired) electrons. The quantitative estimate of drug-likeness (QED) is 0.392. The number of benzene rings is 2. The van der Waals surface area contributed by atoms with Gasteiger partial charge in [-0.15, -0.1) is 0 Å². The minimum absolute atomic E-state index is 0.698. The van der Waals surface area contributed by atoms with Gasteiger partial charge in [0.2, 0.25) is 6.41 Å². The summed E-state index contributed by atoms with van der Waals surface area (Å²) in [6, 6.07) is 15.8. The average molecular weight is 327 g/mol. The highest BCUT2D eigenvalue weighted by molar-refractivity contribution is 5.71. The maximum absolute atomic E-state index is 10.2. The van der Waals surface area contributed by atoms with E-state index in [-0.39, 0.29) is 0 Å². The lowest BCUT2D eigenvalue weighted by Gasteiger charge is -2.03. The Morgan fingerprint density at radius 1 is 1.00 bits per heavy atom. The van der Waals surface area contributed by atoms with Gasteiger partial charge in [0.05, 0.1) is 0 Å².